The highest BCUT2D eigenvalue weighted by molar-refractivity contribution is 5.87. The van der Waals surface area contributed by atoms with Crippen molar-refractivity contribution in [2.75, 3.05) is 6.54 Å². The first-order valence-electron chi connectivity index (χ1n) is 13.8. The summed E-state index contributed by atoms with van der Waals surface area (Å²) in [5.41, 5.74) is 6.96. The van der Waals surface area contributed by atoms with E-state index in [0.717, 1.165) is 25.7 Å². The quantitative estimate of drug-likeness (QED) is 0.222. The van der Waals surface area contributed by atoms with Gasteiger partial charge in [-0.15, -0.1) is 13.2 Å². The number of alkyl halides is 3. The molecule has 0 spiro atoms. The van der Waals surface area contributed by atoms with Crippen LogP contribution < -0.4 is 20.3 Å². The summed E-state index contributed by atoms with van der Waals surface area (Å²) in [7, 11) is 0. The van der Waals surface area contributed by atoms with Gasteiger partial charge in [0, 0.05) is 24.0 Å². The van der Waals surface area contributed by atoms with E-state index in [0.29, 0.717) is 34.3 Å². The van der Waals surface area contributed by atoms with Crippen LogP contribution in [0.1, 0.15) is 53.3 Å². The molecule has 3 N–H and O–H groups in total. The Balaban J connectivity index is 1.27. The van der Waals surface area contributed by atoms with Crippen molar-refractivity contribution in [2.24, 2.45) is 0 Å². The number of fused-ring (bicyclic) bond motifs is 2. The average Bonchev–Trinajstić information content (AvgIpc) is 3.35. The zero-order valence-electron chi connectivity index (χ0n) is 23.0. The van der Waals surface area contributed by atoms with E-state index in [-0.39, 0.29) is 24.0 Å². The van der Waals surface area contributed by atoms with Crippen molar-refractivity contribution in [1.29, 1.82) is 0 Å². The Morgan fingerprint density at radius 1 is 0.976 bits per heavy atom. The molecule has 0 aliphatic heterocycles. The van der Waals surface area contributed by atoms with Gasteiger partial charge in [-0.25, -0.2) is 0 Å². The minimum absolute atomic E-state index is 0.0590. The number of halogens is 3. The largest absolute Gasteiger partial charge is 0.573 e. The summed E-state index contributed by atoms with van der Waals surface area (Å²) in [6.45, 7) is 4.78. The lowest BCUT2D eigenvalue weighted by Crippen LogP contribution is -2.33. The summed E-state index contributed by atoms with van der Waals surface area (Å²) < 4.78 is 47.1. The maximum atomic E-state index is 12.4. The lowest BCUT2D eigenvalue weighted by molar-refractivity contribution is -0.274. The summed E-state index contributed by atoms with van der Waals surface area (Å²) in [6.07, 6.45) is -1.70. The summed E-state index contributed by atoms with van der Waals surface area (Å²) >= 11 is 0. The monoisotopic (exact) mass is 566 g/mol. The van der Waals surface area contributed by atoms with Crippen molar-refractivity contribution in [3.05, 3.63) is 104 Å². The van der Waals surface area contributed by atoms with Gasteiger partial charge in [0.15, 0.2) is 0 Å². The Morgan fingerprint density at radius 3 is 2.24 bits per heavy atom. The number of benzene rings is 3. The number of aryl methyl sites for hydroxylation is 2. The SMILES string of the molecule is CCc1cc2c(cc1CC)CC(NC[C@@H](O)c1ccc(OCc3ccc(OC(F)(F)F)cc3)c3[nH]c(=O)ccc13)C2. The molecule has 41 heavy (non-hydrogen) atoms. The fourth-order valence-electron chi connectivity index (χ4n) is 5.57. The molecule has 6 nitrogen and oxygen atoms in total. The second-order valence-electron chi connectivity index (χ2n) is 10.4. The first-order chi connectivity index (χ1) is 19.6. The third-order valence-electron chi connectivity index (χ3n) is 7.62. The van der Waals surface area contributed by atoms with Gasteiger partial charge in [0.05, 0.1) is 11.6 Å². The highest BCUT2D eigenvalue weighted by atomic mass is 19.4. The number of aliphatic hydroxyl groups excluding tert-OH is 1. The molecule has 0 bridgehead atoms. The van der Waals surface area contributed by atoms with Crippen molar-refractivity contribution in [3.8, 4) is 11.5 Å². The third-order valence-corrected chi connectivity index (χ3v) is 7.62. The molecule has 4 aromatic rings. The number of rotatable bonds is 10. The Labute approximate surface area is 236 Å². The normalized spacial score (nSPS) is 14.3. The predicted octanol–water partition coefficient (Wildman–Crippen LogP) is 5.92. The van der Waals surface area contributed by atoms with E-state index in [4.69, 9.17) is 4.74 Å². The predicted molar refractivity (Wildman–Crippen MR) is 151 cm³/mol. The minimum Gasteiger partial charge on any atom is -0.487 e. The van der Waals surface area contributed by atoms with Crippen LogP contribution in [-0.4, -0.2) is 29.0 Å². The van der Waals surface area contributed by atoms with Crippen LogP contribution in [0.2, 0.25) is 0 Å². The lowest BCUT2D eigenvalue weighted by Gasteiger charge is -2.19. The number of aromatic amines is 1. The second-order valence-corrected chi connectivity index (χ2v) is 10.4. The van der Waals surface area contributed by atoms with E-state index in [2.05, 4.69) is 41.0 Å². The fraction of sp³-hybridized carbons (Fsp3) is 0.344. The Morgan fingerprint density at radius 2 is 1.63 bits per heavy atom. The zero-order valence-corrected chi connectivity index (χ0v) is 23.0. The standard InChI is InChI=1S/C32H33F3N2O4/c1-3-20-13-22-15-24(16-23(22)14-21(20)4-2)36-17-28(38)26-9-11-29(31-27(26)10-12-30(39)37-31)40-18-19-5-7-25(8-6-19)41-32(33,34)35/h5-14,24,28,36,38H,3-4,15-18H2,1-2H3,(H,37,39)/t28-/m1/s1. The molecule has 0 saturated carbocycles. The maximum Gasteiger partial charge on any atom is 0.573 e. The van der Waals surface area contributed by atoms with Gasteiger partial charge in [0.1, 0.15) is 18.1 Å². The number of hydrogen-bond donors (Lipinski definition) is 3. The average molecular weight is 567 g/mol. The molecule has 0 amide bonds. The Bertz CT molecular complexity index is 1550. The topological polar surface area (TPSA) is 83.6 Å². The second kappa shape index (κ2) is 12.0. The molecule has 0 unspecified atom stereocenters. The first kappa shape index (κ1) is 28.7. The van der Waals surface area contributed by atoms with Crippen LogP contribution in [0.4, 0.5) is 13.2 Å². The van der Waals surface area contributed by atoms with E-state index in [1.807, 2.05) is 0 Å². The van der Waals surface area contributed by atoms with Crippen molar-refractivity contribution >= 4 is 10.9 Å². The summed E-state index contributed by atoms with van der Waals surface area (Å²) in [6, 6.07) is 16.8. The fourth-order valence-corrected chi connectivity index (χ4v) is 5.57. The third kappa shape index (κ3) is 6.74. The Kier molecular flexibility index (Phi) is 8.37. The highest BCUT2D eigenvalue weighted by Gasteiger charge is 2.31. The van der Waals surface area contributed by atoms with Crippen LogP contribution in [0.25, 0.3) is 10.9 Å². The maximum absolute atomic E-state index is 12.4. The van der Waals surface area contributed by atoms with E-state index in [1.54, 1.807) is 18.2 Å². The molecule has 3 aromatic carbocycles. The first-order valence-corrected chi connectivity index (χ1v) is 13.8. The van der Waals surface area contributed by atoms with Gasteiger partial charge in [-0.05, 0) is 83.3 Å². The van der Waals surface area contributed by atoms with Crippen LogP contribution in [0.3, 0.4) is 0 Å². The van der Waals surface area contributed by atoms with Crippen LogP contribution in [0, 0.1) is 0 Å². The van der Waals surface area contributed by atoms with Gasteiger partial charge in [-0.2, -0.15) is 0 Å². The molecule has 216 valence electrons. The summed E-state index contributed by atoms with van der Waals surface area (Å²) in [5.74, 6) is 0.0720. The van der Waals surface area contributed by atoms with Crippen LogP contribution >= 0.6 is 0 Å². The van der Waals surface area contributed by atoms with E-state index >= 15 is 0 Å². The molecule has 1 aromatic heterocycles. The molecular formula is C32H33F3N2O4. The van der Waals surface area contributed by atoms with Crippen molar-refractivity contribution in [1.82, 2.24) is 10.3 Å². The summed E-state index contributed by atoms with van der Waals surface area (Å²) in [5, 5.41) is 15.3. The molecule has 0 fully saturated rings. The van der Waals surface area contributed by atoms with Crippen molar-refractivity contribution in [2.45, 2.75) is 64.6 Å². The Hall–Kier alpha value is -3.82. The number of ether oxygens (including phenoxy) is 2. The number of nitrogens with one attached hydrogen (secondary N) is 2. The van der Waals surface area contributed by atoms with E-state index in [1.165, 1.54) is 52.6 Å². The van der Waals surface area contributed by atoms with Crippen molar-refractivity contribution < 1.29 is 27.8 Å². The molecule has 0 saturated heterocycles. The molecular weight excluding hydrogens is 533 g/mol. The molecule has 5 rings (SSSR count). The van der Waals surface area contributed by atoms with Gasteiger partial charge in [-0.3, -0.25) is 4.79 Å². The van der Waals surface area contributed by atoms with E-state index < -0.39 is 12.5 Å². The van der Waals surface area contributed by atoms with Gasteiger partial charge >= 0.3 is 6.36 Å². The zero-order chi connectivity index (χ0) is 29.1. The molecule has 1 atom stereocenters. The number of pyridine rings is 1. The number of hydrogen-bond acceptors (Lipinski definition) is 5. The highest BCUT2D eigenvalue weighted by Crippen LogP contribution is 2.32. The number of aromatic nitrogens is 1. The molecule has 9 heteroatoms. The number of aliphatic hydroxyl groups is 1. The molecule has 1 aliphatic rings. The van der Waals surface area contributed by atoms with Gasteiger partial charge < -0.3 is 24.9 Å². The van der Waals surface area contributed by atoms with Crippen molar-refractivity contribution in [3.63, 3.8) is 0 Å². The van der Waals surface area contributed by atoms with E-state index in [9.17, 15) is 23.1 Å². The van der Waals surface area contributed by atoms with Crippen LogP contribution in [-0.2, 0) is 32.3 Å². The van der Waals surface area contributed by atoms with Gasteiger partial charge in [0.2, 0.25) is 5.56 Å². The van der Waals surface area contributed by atoms with Crippen LogP contribution in [0.5, 0.6) is 11.5 Å². The lowest BCUT2D eigenvalue weighted by atomic mass is 9.97. The smallest absolute Gasteiger partial charge is 0.487 e. The minimum atomic E-state index is -4.76. The summed E-state index contributed by atoms with van der Waals surface area (Å²) in [4.78, 5) is 14.9. The van der Waals surface area contributed by atoms with Gasteiger partial charge in [0.25, 0.3) is 0 Å². The molecule has 1 aliphatic carbocycles. The molecule has 0 radical (unpaired) electrons. The molecule has 1 heterocycles. The number of H-pyrrole nitrogens is 1. The van der Waals surface area contributed by atoms with Crippen LogP contribution in [0.15, 0.2) is 65.5 Å². The van der Waals surface area contributed by atoms with Gasteiger partial charge in [-0.1, -0.05) is 44.2 Å².